The van der Waals surface area contributed by atoms with Crippen molar-refractivity contribution in [1.82, 2.24) is 4.90 Å². The van der Waals surface area contributed by atoms with Gasteiger partial charge in [-0.1, -0.05) is 29.8 Å². The average Bonchev–Trinajstić information content (AvgIpc) is 2.46. The van der Waals surface area contributed by atoms with Crippen molar-refractivity contribution in [2.24, 2.45) is 5.73 Å². The minimum absolute atomic E-state index is 0.142. The minimum Gasteiger partial charge on any atom is -0.377 e. The smallest absolute Gasteiger partial charge is 0.0702 e. The average molecular weight is 276 g/mol. The lowest BCUT2D eigenvalue weighted by Crippen LogP contribution is -2.40. The van der Waals surface area contributed by atoms with Crippen LogP contribution >= 0.6 is 0 Å². The molecule has 1 aliphatic rings. The van der Waals surface area contributed by atoms with Gasteiger partial charge in [-0.05, 0) is 45.2 Å². The fourth-order valence-corrected chi connectivity index (χ4v) is 2.89. The third kappa shape index (κ3) is 4.58. The highest BCUT2D eigenvalue weighted by atomic mass is 16.5. The van der Waals surface area contributed by atoms with E-state index in [1.807, 2.05) is 0 Å². The van der Waals surface area contributed by atoms with Crippen molar-refractivity contribution in [3.63, 3.8) is 0 Å². The van der Waals surface area contributed by atoms with Gasteiger partial charge in [0.25, 0.3) is 0 Å². The van der Waals surface area contributed by atoms with Gasteiger partial charge in [0.05, 0.1) is 6.10 Å². The van der Waals surface area contributed by atoms with Crippen molar-refractivity contribution < 1.29 is 4.74 Å². The van der Waals surface area contributed by atoms with E-state index in [4.69, 9.17) is 10.5 Å². The van der Waals surface area contributed by atoms with Crippen molar-refractivity contribution in [1.29, 1.82) is 0 Å². The molecule has 1 aromatic carbocycles. The van der Waals surface area contributed by atoms with Crippen molar-refractivity contribution >= 4 is 0 Å². The molecule has 0 saturated carbocycles. The van der Waals surface area contributed by atoms with Crippen LogP contribution in [0.3, 0.4) is 0 Å². The summed E-state index contributed by atoms with van der Waals surface area (Å²) in [4.78, 5) is 2.50. The number of benzene rings is 1. The number of aryl methyl sites for hydroxylation is 1. The number of likely N-dealkylation sites (tertiary alicyclic amines) is 1. The molecule has 1 aromatic rings. The molecule has 0 aliphatic carbocycles. The fraction of sp³-hybridized carbons (Fsp3) is 0.647. The van der Waals surface area contributed by atoms with Gasteiger partial charge in [0.15, 0.2) is 0 Å². The summed E-state index contributed by atoms with van der Waals surface area (Å²) >= 11 is 0. The summed E-state index contributed by atoms with van der Waals surface area (Å²) in [5.41, 5.74) is 8.83. The van der Waals surface area contributed by atoms with E-state index in [2.05, 4.69) is 43.0 Å². The number of nitrogens with zero attached hydrogens (tertiary/aromatic N) is 1. The van der Waals surface area contributed by atoms with Crippen LogP contribution in [-0.4, -0.2) is 37.2 Å². The van der Waals surface area contributed by atoms with Gasteiger partial charge in [0, 0.05) is 25.7 Å². The van der Waals surface area contributed by atoms with Gasteiger partial charge >= 0.3 is 0 Å². The molecule has 1 aliphatic heterocycles. The van der Waals surface area contributed by atoms with E-state index in [9.17, 15) is 0 Å². The van der Waals surface area contributed by atoms with Crippen LogP contribution < -0.4 is 5.73 Å². The van der Waals surface area contributed by atoms with Crippen molar-refractivity contribution in [3.05, 3.63) is 35.4 Å². The zero-order chi connectivity index (χ0) is 14.4. The summed E-state index contributed by atoms with van der Waals surface area (Å²) in [5.74, 6) is 0. The van der Waals surface area contributed by atoms with E-state index in [1.54, 1.807) is 0 Å². The van der Waals surface area contributed by atoms with Crippen LogP contribution in [-0.2, 0) is 4.74 Å². The zero-order valence-corrected chi connectivity index (χ0v) is 12.8. The number of hydrogen-bond donors (Lipinski definition) is 1. The summed E-state index contributed by atoms with van der Waals surface area (Å²) in [6.45, 7) is 8.32. The van der Waals surface area contributed by atoms with Crippen LogP contribution in [0.15, 0.2) is 24.3 Å². The Morgan fingerprint density at radius 1 is 1.35 bits per heavy atom. The monoisotopic (exact) mass is 276 g/mol. The molecule has 0 radical (unpaired) electrons. The van der Waals surface area contributed by atoms with Gasteiger partial charge in [-0.2, -0.15) is 0 Å². The number of rotatable bonds is 6. The minimum atomic E-state index is 0.142. The summed E-state index contributed by atoms with van der Waals surface area (Å²) in [5, 5.41) is 0. The first-order valence-corrected chi connectivity index (χ1v) is 7.85. The largest absolute Gasteiger partial charge is 0.377 e. The first-order valence-electron chi connectivity index (χ1n) is 7.85. The van der Waals surface area contributed by atoms with Crippen LogP contribution in [0.1, 0.15) is 43.4 Å². The lowest BCUT2D eigenvalue weighted by molar-refractivity contribution is 0.00530. The molecule has 1 saturated heterocycles. The summed E-state index contributed by atoms with van der Waals surface area (Å²) in [6, 6.07) is 8.73. The van der Waals surface area contributed by atoms with Crippen LogP contribution in [0.2, 0.25) is 0 Å². The Morgan fingerprint density at radius 2 is 2.10 bits per heavy atom. The van der Waals surface area contributed by atoms with Gasteiger partial charge in [0.1, 0.15) is 0 Å². The maximum absolute atomic E-state index is 6.30. The Balaban J connectivity index is 1.78. The quantitative estimate of drug-likeness (QED) is 0.868. The van der Waals surface area contributed by atoms with E-state index in [0.29, 0.717) is 6.10 Å². The molecule has 2 rings (SSSR count). The number of ether oxygens (including phenoxy) is 1. The van der Waals surface area contributed by atoms with E-state index in [-0.39, 0.29) is 6.04 Å². The highest BCUT2D eigenvalue weighted by molar-refractivity contribution is 5.23. The predicted molar refractivity (Wildman–Crippen MR) is 83.8 cm³/mol. The molecule has 0 amide bonds. The van der Waals surface area contributed by atoms with E-state index < -0.39 is 0 Å². The normalized spacial score (nSPS) is 21.9. The highest BCUT2D eigenvalue weighted by Crippen LogP contribution is 2.18. The van der Waals surface area contributed by atoms with Crippen molar-refractivity contribution in [2.45, 2.75) is 45.3 Å². The third-order valence-electron chi connectivity index (χ3n) is 4.13. The van der Waals surface area contributed by atoms with Gasteiger partial charge in [0.2, 0.25) is 0 Å². The molecule has 20 heavy (non-hydrogen) atoms. The Kier molecular flexibility index (Phi) is 6.02. The summed E-state index contributed by atoms with van der Waals surface area (Å²) in [7, 11) is 0. The molecule has 3 heteroatoms. The van der Waals surface area contributed by atoms with Crippen LogP contribution in [0, 0.1) is 6.92 Å². The molecule has 0 spiro atoms. The van der Waals surface area contributed by atoms with Crippen LogP contribution in [0.5, 0.6) is 0 Å². The Bertz CT molecular complexity index is 388. The summed E-state index contributed by atoms with van der Waals surface area (Å²) in [6.07, 6.45) is 3.88. The molecule has 1 heterocycles. The number of piperidine rings is 1. The number of nitrogens with two attached hydrogens (primary N) is 1. The van der Waals surface area contributed by atoms with Crippen molar-refractivity contribution in [3.8, 4) is 0 Å². The fourth-order valence-electron chi connectivity index (χ4n) is 2.89. The predicted octanol–water partition coefficient (Wildman–Crippen LogP) is 2.89. The molecular formula is C17H28N2O. The molecule has 1 fully saturated rings. The number of hydrogen-bond acceptors (Lipinski definition) is 3. The Labute approximate surface area is 123 Å². The second kappa shape index (κ2) is 7.77. The molecule has 3 nitrogen and oxygen atoms in total. The van der Waals surface area contributed by atoms with E-state index >= 15 is 0 Å². The van der Waals surface area contributed by atoms with Gasteiger partial charge < -0.3 is 15.4 Å². The standard InChI is InChI=1S/C17H28N2O/c1-3-20-16-5-4-11-19(13-16)12-10-17(18)15-8-6-14(2)7-9-15/h6-9,16-17H,3-5,10-13,18H2,1-2H3. The summed E-state index contributed by atoms with van der Waals surface area (Å²) < 4.78 is 5.74. The van der Waals surface area contributed by atoms with Gasteiger partial charge in [-0.15, -0.1) is 0 Å². The topological polar surface area (TPSA) is 38.5 Å². The van der Waals surface area contributed by atoms with E-state index in [0.717, 1.165) is 26.1 Å². The lowest BCUT2D eigenvalue weighted by atomic mass is 10.0. The Hall–Kier alpha value is -0.900. The maximum Gasteiger partial charge on any atom is 0.0702 e. The second-order valence-electron chi connectivity index (χ2n) is 5.83. The van der Waals surface area contributed by atoms with Gasteiger partial charge in [-0.3, -0.25) is 0 Å². The van der Waals surface area contributed by atoms with Crippen LogP contribution in [0.25, 0.3) is 0 Å². The SMILES string of the molecule is CCOC1CCCN(CCC(N)c2ccc(C)cc2)C1. The lowest BCUT2D eigenvalue weighted by Gasteiger charge is -2.33. The third-order valence-corrected chi connectivity index (χ3v) is 4.13. The molecule has 2 N–H and O–H groups in total. The molecule has 112 valence electrons. The van der Waals surface area contributed by atoms with Crippen LogP contribution in [0.4, 0.5) is 0 Å². The highest BCUT2D eigenvalue weighted by Gasteiger charge is 2.20. The first-order chi connectivity index (χ1) is 9.69. The first kappa shape index (κ1) is 15.5. The molecular weight excluding hydrogens is 248 g/mol. The molecule has 0 aromatic heterocycles. The maximum atomic E-state index is 6.30. The van der Waals surface area contributed by atoms with Gasteiger partial charge in [-0.25, -0.2) is 0 Å². The molecule has 0 bridgehead atoms. The second-order valence-corrected chi connectivity index (χ2v) is 5.83. The van der Waals surface area contributed by atoms with E-state index in [1.165, 1.54) is 30.5 Å². The molecule has 2 unspecified atom stereocenters. The molecule has 2 atom stereocenters. The Morgan fingerprint density at radius 3 is 2.80 bits per heavy atom. The van der Waals surface area contributed by atoms with Crippen molar-refractivity contribution in [2.75, 3.05) is 26.2 Å². The zero-order valence-electron chi connectivity index (χ0n) is 12.8.